The molecular formula is C19H16ClNO5S. The van der Waals surface area contributed by atoms with Crippen molar-refractivity contribution < 1.29 is 22.4 Å². The van der Waals surface area contributed by atoms with Crippen LogP contribution in [0.2, 0.25) is 5.02 Å². The van der Waals surface area contributed by atoms with Crippen molar-refractivity contribution in [3.8, 4) is 5.75 Å². The fourth-order valence-corrected chi connectivity index (χ4v) is 2.99. The van der Waals surface area contributed by atoms with E-state index in [1.807, 2.05) is 18.2 Å². The fourth-order valence-electron chi connectivity index (χ4n) is 2.25. The van der Waals surface area contributed by atoms with Crippen LogP contribution in [-0.4, -0.2) is 20.6 Å². The predicted octanol–water partition coefficient (Wildman–Crippen LogP) is 4.17. The number of rotatable bonds is 6. The molecule has 0 spiro atoms. The van der Waals surface area contributed by atoms with Gasteiger partial charge < -0.3 is 14.5 Å². The Morgan fingerprint density at radius 1 is 1.07 bits per heavy atom. The van der Waals surface area contributed by atoms with Crippen molar-refractivity contribution in [3.05, 3.63) is 77.0 Å². The number of furan rings is 1. The molecule has 1 aromatic heterocycles. The van der Waals surface area contributed by atoms with E-state index in [0.717, 1.165) is 11.8 Å². The van der Waals surface area contributed by atoms with E-state index >= 15 is 0 Å². The summed E-state index contributed by atoms with van der Waals surface area (Å²) in [6.07, 6.45) is 1.01. The molecule has 140 valence electrons. The van der Waals surface area contributed by atoms with Gasteiger partial charge in [-0.2, -0.15) is 0 Å². The number of carbonyl (C=O) groups excluding carboxylic acids is 1. The highest BCUT2D eigenvalue weighted by Crippen LogP contribution is 2.21. The third-order valence-corrected chi connectivity index (χ3v) is 4.95. The molecule has 0 aliphatic carbocycles. The van der Waals surface area contributed by atoms with Gasteiger partial charge in [0.1, 0.15) is 12.4 Å². The van der Waals surface area contributed by atoms with E-state index in [-0.39, 0.29) is 10.9 Å². The largest absolute Gasteiger partial charge is 0.489 e. The van der Waals surface area contributed by atoms with Crippen LogP contribution in [0.1, 0.15) is 16.1 Å². The number of anilines is 1. The molecule has 0 aliphatic rings. The van der Waals surface area contributed by atoms with Crippen LogP contribution in [0.15, 0.2) is 70.2 Å². The van der Waals surface area contributed by atoms with Crippen molar-refractivity contribution in [2.45, 2.75) is 11.7 Å². The lowest BCUT2D eigenvalue weighted by molar-refractivity contribution is 0.0991. The van der Waals surface area contributed by atoms with Gasteiger partial charge in [-0.15, -0.1) is 0 Å². The summed E-state index contributed by atoms with van der Waals surface area (Å²) in [6.45, 7) is 0.325. The molecule has 8 heteroatoms. The lowest BCUT2D eigenvalue weighted by Gasteiger charge is -2.09. The Bertz CT molecular complexity index is 1060. The number of carbonyl (C=O) groups is 1. The summed E-state index contributed by atoms with van der Waals surface area (Å²) in [4.78, 5) is 12.1. The molecule has 0 radical (unpaired) electrons. The van der Waals surface area contributed by atoms with Crippen molar-refractivity contribution >= 4 is 33.0 Å². The van der Waals surface area contributed by atoms with Crippen molar-refractivity contribution in [3.63, 3.8) is 0 Å². The second-order valence-corrected chi connectivity index (χ2v) is 8.10. The molecule has 0 bridgehead atoms. The van der Waals surface area contributed by atoms with Gasteiger partial charge >= 0.3 is 0 Å². The minimum atomic E-state index is -3.50. The third kappa shape index (κ3) is 4.90. The zero-order chi connectivity index (χ0) is 19.4. The average Bonchev–Trinajstić information content (AvgIpc) is 3.13. The minimum absolute atomic E-state index is 0.0885. The highest BCUT2D eigenvalue weighted by Gasteiger charge is 2.17. The molecule has 0 saturated heterocycles. The summed E-state index contributed by atoms with van der Waals surface area (Å²) >= 11 is 6.09. The van der Waals surface area contributed by atoms with Crippen LogP contribution in [0, 0.1) is 0 Å². The third-order valence-electron chi connectivity index (χ3n) is 3.63. The maximum absolute atomic E-state index is 12.1. The summed E-state index contributed by atoms with van der Waals surface area (Å²) in [6, 6.07) is 16.7. The first-order valence-corrected chi connectivity index (χ1v) is 10.2. The average molecular weight is 406 g/mol. The van der Waals surface area contributed by atoms with E-state index < -0.39 is 15.7 Å². The molecule has 0 saturated carbocycles. The van der Waals surface area contributed by atoms with Gasteiger partial charge in [-0.05, 0) is 42.5 Å². The Hall–Kier alpha value is -2.77. The van der Waals surface area contributed by atoms with Crippen LogP contribution in [-0.2, 0) is 16.4 Å². The van der Waals surface area contributed by atoms with Gasteiger partial charge in [0.25, 0.3) is 5.91 Å². The second kappa shape index (κ2) is 7.85. The fraction of sp³-hybridized carbons (Fsp3) is 0.105. The molecular weight excluding hydrogens is 390 g/mol. The van der Waals surface area contributed by atoms with E-state index in [2.05, 4.69) is 5.32 Å². The summed E-state index contributed by atoms with van der Waals surface area (Å²) in [5.74, 6) is -0.0191. The molecule has 3 aromatic rings. The summed E-state index contributed by atoms with van der Waals surface area (Å²) < 4.78 is 33.5. The number of hydrogen-bond acceptors (Lipinski definition) is 5. The van der Waals surface area contributed by atoms with Crippen molar-refractivity contribution in [1.82, 2.24) is 0 Å². The normalized spacial score (nSPS) is 11.2. The molecule has 0 atom stereocenters. The predicted molar refractivity (Wildman–Crippen MR) is 102 cm³/mol. The van der Waals surface area contributed by atoms with Crippen LogP contribution in [0.3, 0.4) is 0 Å². The number of nitrogens with one attached hydrogen (secondary N) is 1. The van der Waals surface area contributed by atoms with E-state index in [4.69, 9.17) is 20.8 Å². The first-order valence-electron chi connectivity index (χ1n) is 7.90. The lowest BCUT2D eigenvalue weighted by Crippen LogP contribution is -2.10. The Morgan fingerprint density at radius 3 is 2.41 bits per heavy atom. The van der Waals surface area contributed by atoms with E-state index in [1.54, 1.807) is 30.3 Å². The molecule has 0 fully saturated rings. The Kier molecular flexibility index (Phi) is 5.53. The zero-order valence-electron chi connectivity index (χ0n) is 14.3. The molecule has 0 aliphatic heterocycles. The summed E-state index contributed by atoms with van der Waals surface area (Å²) in [5.41, 5.74) is 1.39. The first-order chi connectivity index (χ1) is 12.8. The quantitative estimate of drug-likeness (QED) is 0.665. The minimum Gasteiger partial charge on any atom is -0.489 e. The number of ether oxygens (including phenoxy) is 1. The number of sulfone groups is 1. The van der Waals surface area contributed by atoms with E-state index in [1.165, 1.54) is 12.1 Å². The van der Waals surface area contributed by atoms with Gasteiger partial charge in [0, 0.05) is 22.5 Å². The molecule has 1 heterocycles. The monoisotopic (exact) mass is 405 g/mol. The zero-order valence-corrected chi connectivity index (χ0v) is 15.9. The maximum Gasteiger partial charge on any atom is 0.291 e. The topological polar surface area (TPSA) is 85.6 Å². The van der Waals surface area contributed by atoms with Crippen molar-refractivity contribution in [2.24, 2.45) is 0 Å². The Balaban J connectivity index is 1.61. The first kappa shape index (κ1) is 19.0. The van der Waals surface area contributed by atoms with Gasteiger partial charge in [-0.1, -0.05) is 29.8 Å². The number of amides is 1. The van der Waals surface area contributed by atoms with Crippen LogP contribution in [0.25, 0.3) is 0 Å². The molecule has 1 amide bonds. The van der Waals surface area contributed by atoms with Crippen LogP contribution >= 0.6 is 11.6 Å². The van der Waals surface area contributed by atoms with Gasteiger partial charge in [0.2, 0.25) is 14.9 Å². The Labute approximate surface area is 161 Å². The second-order valence-electron chi connectivity index (χ2n) is 5.75. The summed E-state index contributed by atoms with van der Waals surface area (Å²) in [5, 5.41) is 3.01. The van der Waals surface area contributed by atoms with E-state index in [9.17, 15) is 13.2 Å². The molecule has 6 nitrogen and oxygen atoms in total. The standard InChI is InChI=1S/C19H16ClNO5S/c1-27(23,24)18-11-10-17(26-18)19(22)21-14-6-8-15(9-7-14)25-12-13-4-2-3-5-16(13)20/h2-11H,12H2,1H3,(H,21,22). The highest BCUT2D eigenvalue weighted by molar-refractivity contribution is 7.90. The van der Waals surface area contributed by atoms with Gasteiger partial charge in [-0.3, -0.25) is 4.79 Å². The maximum atomic E-state index is 12.1. The van der Waals surface area contributed by atoms with E-state index in [0.29, 0.717) is 23.1 Å². The van der Waals surface area contributed by atoms with Crippen molar-refractivity contribution in [2.75, 3.05) is 11.6 Å². The van der Waals surface area contributed by atoms with Gasteiger partial charge in [0.05, 0.1) is 0 Å². The molecule has 3 rings (SSSR count). The molecule has 0 unspecified atom stereocenters. The molecule has 2 aromatic carbocycles. The SMILES string of the molecule is CS(=O)(=O)c1ccc(C(=O)Nc2ccc(OCc3ccccc3Cl)cc2)o1. The highest BCUT2D eigenvalue weighted by atomic mass is 35.5. The summed E-state index contributed by atoms with van der Waals surface area (Å²) in [7, 11) is -3.50. The van der Waals surface area contributed by atoms with Gasteiger partial charge in [-0.25, -0.2) is 8.42 Å². The molecule has 1 N–H and O–H groups in total. The number of hydrogen-bond donors (Lipinski definition) is 1. The number of benzene rings is 2. The Morgan fingerprint density at radius 2 is 1.78 bits per heavy atom. The smallest absolute Gasteiger partial charge is 0.291 e. The lowest BCUT2D eigenvalue weighted by atomic mass is 10.2. The van der Waals surface area contributed by atoms with Crippen molar-refractivity contribution in [1.29, 1.82) is 0 Å². The van der Waals surface area contributed by atoms with Crippen LogP contribution in [0.5, 0.6) is 5.75 Å². The van der Waals surface area contributed by atoms with Crippen LogP contribution in [0.4, 0.5) is 5.69 Å². The van der Waals surface area contributed by atoms with Gasteiger partial charge in [0.15, 0.2) is 5.76 Å². The van der Waals surface area contributed by atoms with Crippen LogP contribution < -0.4 is 10.1 Å². The number of halogens is 1. The molecule has 27 heavy (non-hydrogen) atoms.